The molecular formula is C22H25ClN4OS. The Balaban J connectivity index is 1.38. The highest BCUT2D eigenvalue weighted by molar-refractivity contribution is 7.97. The molecule has 3 aromatic rings. The van der Waals surface area contributed by atoms with Crippen molar-refractivity contribution in [1.29, 1.82) is 0 Å². The van der Waals surface area contributed by atoms with Crippen LogP contribution >= 0.6 is 23.4 Å². The SMILES string of the molecule is CSCc1nc2ccccc2n1CC(=O)N1CCN(Cc2ccc(Cl)cc2)CC1. The van der Waals surface area contributed by atoms with Gasteiger partial charge in [0.2, 0.25) is 5.91 Å². The number of aromatic nitrogens is 2. The van der Waals surface area contributed by atoms with E-state index in [-0.39, 0.29) is 5.91 Å². The Morgan fingerprint density at radius 3 is 2.52 bits per heavy atom. The molecular weight excluding hydrogens is 404 g/mol. The van der Waals surface area contributed by atoms with Gasteiger partial charge in [-0.15, -0.1) is 0 Å². The van der Waals surface area contributed by atoms with E-state index in [1.165, 1.54) is 5.56 Å². The van der Waals surface area contributed by atoms with Gasteiger partial charge in [-0.2, -0.15) is 11.8 Å². The molecule has 152 valence electrons. The van der Waals surface area contributed by atoms with Crippen molar-refractivity contribution >= 4 is 40.3 Å². The standard InChI is InChI=1S/C22H25ClN4OS/c1-29-16-21-24-19-4-2-3-5-20(19)27(21)15-22(28)26-12-10-25(11-13-26)14-17-6-8-18(23)9-7-17/h2-9H,10-16H2,1H3. The molecule has 0 saturated carbocycles. The predicted molar refractivity (Wildman–Crippen MR) is 120 cm³/mol. The molecule has 1 saturated heterocycles. The molecule has 2 heterocycles. The van der Waals surface area contributed by atoms with Crippen molar-refractivity contribution < 1.29 is 4.79 Å². The van der Waals surface area contributed by atoms with E-state index in [0.29, 0.717) is 6.54 Å². The number of thioether (sulfide) groups is 1. The second-order valence-electron chi connectivity index (χ2n) is 7.32. The molecule has 0 N–H and O–H groups in total. The molecule has 1 aliphatic rings. The Bertz CT molecular complexity index is 980. The Hall–Kier alpha value is -2.02. The lowest BCUT2D eigenvalue weighted by Gasteiger charge is -2.35. The summed E-state index contributed by atoms with van der Waals surface area (Å²) in [6.07, 6.45) is 2.06. The highest BCUT2D eigenvalue weighted by Crippen LogP contribution is 2.20. The normalized spacial score (nSPS) is 15.2. The van der Waals surface area contributed by atoms with Crippen LogP contribution in [-0.2, 0) is 23.6 Å². The third-order valence-electron chi connectivity index (χ3n) is 5.34. The molecule has 0 atom stereocenters. The first-order valence-electron chi connectivity index (χ1n) is 9.81. The number of carbonyl (C=O) groups is 1. The van der Waals surface area contributed by atoms with Gasteiger partial charge in [0.1, 0.15) is 12.4 Å². The number of carbonyl (C=O) groups excluding carboxylic acids is 1. The van der Waals surface area contributed by atoms with Crippen LogP contribution in [-0.4, -0.2) is 57.7 Å². The average molecular weight is 429 g/mol. The number of imidazole rings is 1. The van der Waals surface area contributed by atoms with E-state index in [0.717, 1.165) is 60.4 Å². The molecule has 5 nitrogen and oxygen atoms in total. The summed E-state index contributed by atoms with van der Waals surface area (Å²) in [5, 5.41) is 0.761. The molecule has 1 aliphatic heterocycles. The molecule has 0 radical (unpaired) electrons. The van der Waals surface area contributed by atoms with Crippen LogP contribution in [0.4, 0.5) is 0 Å². The van der Waals surface area contributed by atoms with Gasteiger partial charge in [0.15, 0.2) is 0 Å². The summed E-state index contributed by atoms with van der Waals surface area (Å²) in [6, 6.07) is 16.0. The zero-order valence-electron chi connectivity index (χ0n) is 16.6. The fraction of sp³-hybridized carbons (Fsp3) is 0.364. The van der Waals surface area contributed by atoms with E-state index >= 15 is 0 Å². The van der Waals surface area contributed by atoms with Gasteiger partial charge in [0.25, 0.3) is 0 Å². The van der Waals surface area contributed by atoms with Crippen molar-refractivity contribution in [2.24, 2.45) is 0 Å². The number of rotatable bonds is 6. The van der Waals surface area contributed by atoms with Crippen LogP contribution in [0.1, 0.15) is 11.4 Å². The van der Waals surface area contributed by atoms with Gasteiger partial charge in [-0.1, -0.05) is 35.9 Å². The third-order valence-corrected chi connectivity index (χ3v) is 6.14. The van der Waals surface area contributed by atoms with Crippen LogP contribution in [0.3, 0.4) is 0 Å². The number of amides is 1. The lowest BCUT2D eigenvalue weighted by Crippen LogP contribution is -2.49. The van der Waals surface area contributed by atoms with Crippen LogP contribution < -0.4 is 0 Å². The molecule has 0 unspecified atom stereocenters. The van der Waals surface area contributed by atoms with E-state index in [4.69, 9.17) is 16.6 Å². The summed E-state index contributed by atoms with van der Waals surface area (Å²) >= 11 is 7.69. The third kappa shape index (κ3) is 4.77. The van der Waals surface area contributed by atoms with Crippen molar-refractivity contribution in [2.45, 2.75) is 18.8 Å². The molecule has 29 heavy (non-hydrogen) atoms. The van der Waals surface area contributed by atoms with Gasteiger partial charge in [0, 0.05) is 37.7 Å². The maximum atomic E-state index is 13.0. The number of nitrogens with zero attached hydrogens (tertiary/aromatic N) is 4. The summed E-state index contributed by atoms with van der Waals surface area (Å²) in [6.45, 7) is 4.54. The smallest absolute Gasteiger partial charge is 0.242 e. The van der Waals surface area contributed by atoms with Crippen LogP contribution in [0.2, 0.25) is 5.02 Å². The van der Waals surface area contributed by atoms with Gasteiger partial charge in [-0.3, -0.25) is 9.69 Å². The fourth-order valence-corrected chi connectivity index (χ4v) is 4.38. The number of hydrogen-bond donors (Lipinski definition) is 0. The Kier molecular flexibility index (Phi) is 6.43. The molecule has 1 amide bonds. The largest absolute Gasteiger partial charge is 0.339 e. The maximum Gasteiger partial charge on any atom is 0.242 e. The van der Waals surface area contributed by atoms with Crippen molar-refractivity contribution in [3.05, 3.63) is 64.9 Å². The number of hydrogen-bond acceptors (Lipinski definition) is 4. The number of halogens is 1. The number of para-hydroxylation sites is 2. The molecule has 1 aromatic heterocycles. The Morgan fingerprint density at radius 2 is 1.79 bits per heavy atom. The molecule has 1 fully saturated rings. The monoisotopic (exact) mass is 428 g/mol. The van der Waals surface area contributed by atoms with E-state index in [1.807, 2.05) is 41.3 Å². The zero-order valence-corrected chi connectivity index (χ0v) is 18.1. The van der Waals surface area contributed by atoms with Gasteiger partial charge >= 0.3 is 0 Å². The lowest BCUT2D eigenvalue weighted by molar-refractivity contribution is -0.133. The van der Waals surface area contributed by atoms with E-state index in [2.05, 4.69) is 27.9 Å². The van der Waals surface area contributed by atoms with Crippen LogP contribution in [0, 0.1) is 0 Å². The molecule has 0 aliphatic carbocycles. The molecule has 7 heteroatoms. The van der Waals surface area contributed by atoms with Crippen molar-refractivity contribution in [1.82, 2.24) is 19.4 Å². The summed E-state index contributed by atoms with van der Waals surface area (Å²) in [7, 11) is 0. The van der Waals surface area contributed by atoms with Gasteiger partial charge in [0.05, 0.1) is 16.8 Å². The van der Waals surface area contributed by atoms with Crippen molar-refractivity contribution in [3.63, 3.8) is 0 Å². The Morgan fingerprint density at radius 1 is 1.07 bits per heavy atom. The van der Waals surface area contributed by atoms with Crippen LogP contribution in [0.15, 0.2) is 48.5 Å². The Labute approximate surface area is 180 Å². The summed E-state index contributed by atoms with van der Waals surface area (Å²) in [5.41, 5.74) is 3.24. The number of benzene rings is 2. The predicted octanol–water partition coefficient (Wildman–Crippen LogP) is 3.90. The summed E-state index contributed by atoms with van der Waals surface area (Å²) in [4.78, 5) is 22.1. The molecule has 2 aromatic carbocycles. The second-order valence-corrected chi connectivity index (χ2v) is 8.62. The molecule has 0 spiro atoms. The topological polar surface area (TPSA) is 41.4 Å². The zero-order chi connectivity index (χ0) is 20.2. The number of piperazine rings is 1. The minimum atomic E-state index is 0.168. The van der Waals surface area contributed by atoms with Crippen molar-refractivity contribution in [2.75, 3.05) is 32.4 Å². The first kappa shape index (κ1) is 20.3. The summed E-state index contributed by atoms with van der Waals surface area (Å²) < 4.78 is 2.08. The lowest BCUT2D eigenvalue weighted by atomic mass is 10.2. The minimum absolute atomic E-state index is 0.168. The fourth-order valence-electron chi connectivity index (χ4n) is 3.78. The highest BCUT2D eigenvalue weighted by atomic mass is 35.5. The second kappa shape index (κ2) is 9.20. The molecule has 4 rings (SSSR count). The highest BCUT2D eigenvalue weighted by Gasteiger charge is 2.23. The van der Waals surface area contributed by atoms with E-state index < -0.39 is 0 Å². The van der Waals surface area contributed by atoms with Crippen molar-refractivity contribution in [3.8, 4) is 0 Å². The quantitative estimate of drug-likeness (QED) is 0.597. The maximum absolute atomic E-state index is 13.0. The summed E-state index contributed by atoms with van der Waals surface area (Å²) in [5.74, 6) is 1.94. The van der Waals surface area contributed by atoms with E-state index in [9.17, 15) is 4.79 Å². The average Bonchev–Trinajstić information content (AvgIpc) is 3.08. The van der Waals surface area contributed by atoms with E-state index in [1.54, 1.807) is 11.8 Å². The van der Waals surface area contributed by atoms with Gasteiger partial charge in [-0.25, -0.2) is 4.98 Å². The number of fused-ring (bicyclic) bond motifs is 1. The van der Waals surface area contributed by atoms with Crippen LogP contribution in [0.25, 0.3) is 11.0 Å². The minimum Gasteiger partial charge on any atom is -0.339 e. The van der Waals surface area contributed by atoms with Crippen LogP contribution in [0.5, 0.6) is 0 Å². The van der Waals surface area contributed by atoms with Gasteiger partial charge in [-0.05, 0) is 36.1 Å². The first-order valence-corrected chi connectivity index (χ1v) is 11.6. The molecule has 0 bridgehead atoms. The first-order chi connectivity index (χ1) is 14.1. The van der Waals surface area contributed by atoms with Gasteiger partial charge < -0.3 is 9.47 Å².